The Morgan fingerprint density at radius 3 is 2.40 bits per heavy atom. The highest BCUT2D eigenvalue weighted by Gasteiger charge is 2.13. The van der Waals surface area contributed by atoms with Gasteiger partial charge in [-0.25, -0.2) is 4.79 Å². The average Bonchev–Trinajstić information content (AvgIpc) is 2.41. The number of aromatic hydroxyl groups is 1. The van der Waals surface area contributed by atoms with Crippen LogP contribution in [0.25, 0.3) is 0 Å². The highest BCUT2D eigenvalue weighted by molar-refractivity contribution is 5.22. The molecule has 0 radical (unpaired) electrons. The van der Waals surface area contributed by atoms with Crippen molar-refractivity contribution >= 4 is 0 Å². The Kier molecular flexibility index (Phi) is 6.51. The summed E-state index contributed by atoms with van der Waals surface area (Å²) >= 11 is 0. The molecule has 0 aliphatic carbocycles. The number of likely N-dealkylation sites (N-methyl/N-ethyl adjacent to an activating group) is 1. The van der Waals surface area contributed by atoms with Crippen LogP contribution >= 0.6 is 0 Å². The van der Waals surface area contributed by atoms with E-state index < -0.39 is 11.2 Å². The summed E-state index contributed by atoms with van der Waals surface area (Å²) in [6.07, 6.45) is 2.25. The third-order valence-electron chi connectivity index (χ3n) is 3.39. The lowest BCUT2D eigenvalue weighted by atomic mass is 10.2. The van der Waals surface area contributed by atoms with Gasteiger partial charge < -0.3 is 10.0 Å². The molecule has 1 aromatic heterocycles. The first-order chi connectivity index (χ1) is 9.54. The summed E-state index contributed by atoms with van der Waals surface area (Å²) in [5.41, 5.74) is -0.725. The smallest absolute Gasteiger partial charge is 0.331 e. The van der Waals surface area contributed by atoms with Gasteiger partial charge in [0.1, 0.15) is 0 Å². The van der Waals surface area contributed by atoms with Gasteiger partial charge in [0.15, 0.2) is 0 Å². The Hall–Kier alpha value is -1.56. The topological polar surface area (TPSA) is 78.3 Å². The van der Waals surface area contributed by atoms with Crippen LogP contribution < -0.4 is 11.2 Å². The van der Waals surface area contributed by atoms with Gasteiger partial charge in [-0.15, -0.1) is 0 Å². The van der Waals surface area contributed by atoms with E-state index in [1.165, 1.54) is 4.57 Å². The largest absolute Gasteiger partial charge is 0.494 e. The number of nitrogens with one attached hydrogen (secondary N) is 1. The minimum atomic E-state index is -0.542. The van der Waals surface area contributed by atoms with Crippen molar-refractivity contribution in [2.45, 2.75) is 46.6 Å². The summed E-state index contributed by atoms with van der Waals surface area (Å²) in [5.74, 6) is -0.187. The number of aromatic amines is 1. The van der Waals surface area contributed by atoms with E-state index >= 15 is 0 Å². The number of hydrogen-bond donors (Lipinski definition) is 2. The van der Waals surface area contributed by atoms with E-state index in [4.69, 9.17) is 0 Å². The van der Waals surface area contributed by atoms with Crippen LogP contribution in [0.15, 0.2) is 9.59 Å². The third kappa shape index (κ3) is 3.96. The molecule has 20 heavy (non-hydrogen) atoms. The molecule has 0 spiro atoms. The highest BCUT2D eigenvalue weighted by atomic mass is 16.3. The summed E-state index contributed by atoms with van der Waals surface area (Å²) in [4.78, 5) is 28.0. The van der Waals surface area contributed by atoms with Crippen molar-refractivity contribution in [3.05, 3.63) is 26.4 Å². The first kappa shape index (κ1) is 16.5. The van der Waals surface area contributed by atoms with Crippen LogP contribution in [0.5, 0.6) is 5.88 Å². The minimum Gasteiger partial charge on any atom is -0.494 e. The minimum absolute atomic E-state index is 0.187. The van der Waals surface area contributed by atoms with Crippen LogP contribution in [0.4, 0.5) is 0 Å². The second-order valence-corrected chi connectivity index (χ2v) is 4.90. The fraction of sp³-hybridized carbons (Fsp3) is 0.714. The molecule has 0 amide bonds. The zero-order chi connectivity index (χ0) is 15.1. The molecule has 0 unspecified atom stereocenters. The van der Waals surface area contributed by atoms with Crippen LogP contribution in [0.2, 0.25) is 0 Å². The number of hydrogen-bond acceptors (Lipinski definition) is 4. The predicted octanol–water partition coefficient (Wildman–Crippen LogP) is 0.927. The van der Waals surface area contributed by atoms with E-state index in [-0.39, 0.29) is 5.88 Å². The first-order valence-electron chi connectivity index (χ1n) is 7.32. The molecule has 0 atom stereocenters. The fourth-order valence-electron chi connectivity index (χ4n) is 2.27. The zero-order valence-corrected chi connectivity index (χ0v) is 12.6. The van der Waals surface area contributed by atoms with Crippen molar-refractivity contribution in [2.75, 3.05) is 19.6 Å². The molecular weight excluding hydrogens is 258 g/mol. The van der Waals surface area contributed by atoms with Crippen molar-refractivity contribution in [1.82, 2.24) is 14.5 Å². The molecule has 1 heterocycles. The van der Waals surface area contributed by atoms with E-state index in [0.717, 1.165) is 25.9 Å². The summed E-state index contributed by atoms with van der Waals surface area (Å²) in [5, 5.41) is 10.1. The third-order valence-corrected chi connectivity index (χ3v) is 3.39. The quantitative estimate of drug-likeness (QED) is 0.744. The Morgan fingerprint density at radius 1 is 1.15 bits per heavy atom. The van der Waals surface area contributed by atoms with Gasteiger partial charge in [-0.05, 0) is 25.9 Å². The second kappa shape index (κ2) is 7.89. The highest BCUT2D eigenvalue weighted by Crippen LogP contribution is 2.11. The Balaban J connectivity index is 2.97. The van der Waals surface area contributed by atoms with Gasteiger partial charge in [-0.1, -0.05) is 27.2 Å². The number of aromatic nitrogens is 2. The molecule has 0 saturated carbocycles. The van der Waals surface area contributed by atoms with Crippen molar-refractivity contribution < 1.29 is 5.11 Å². The molecule has 2 N–H and O–H groups in total. The number of nitrogens with zero attached hydrogens (tertiary/aromatic N) is 2. The van der Waals surface area contributed by atoms with Gasteiger partial charge >= 0.3 is 5.69 Å². The van der Waals surface area contributed by atoms with E-state index in [0.29, 0.717) is 25.1 Å². The van der Waals surface area contributed by atoms with Crippen molar-refractivity contribution in [3.8, 4) is 5.88 Å². The van der Waals surface area contributed by atoms with Gasteiger partial charge in [0.2, 0.25) is 5.88 Å². The maximum atomic E-state index is 11.8. The summed E-state index contributed by atoms with van der Waals surface area (Å²) < 4.78 is 1.25. The van der Waals surface area contributed by atoms with Gasteiger partial charge in [-0.3, -0.25) is 14.3 Å². The standard InChI is InChI=1S/C14H25N3O3/c1-4-7-11-12(18)15-14(20)17(13(11)19)10-9-16(6-3)8-5-2/h19H,4-10H2,1-3H3,(H,15,18,20). The fourth-order valence-corrected chi connectivity index (χ4v) is 2.27. The number of rotatable bonds is 8. The molecule has 0 fully saturated rings. The van der Waals surface area contributed by atoms with E-state index in [9.17, 15) is 14.7 Å². The molecule has 1 rings (SSSR count). The molecule has 1 aromatic rings. The Labute approximate surface area is 119 Å². The molecule has 0 aliphatic heterocycles. The van der Waals surface area contributed by atoms with E-state index in [2.05, 4.69) is 23.7 Å². The monoisotopic (exact) mass is 283 g/mol. The van der Waals surface area contributed by atoms with Gasteiger partial charge in [0.25, 0.3) is 5.56 Å². The molecule has 114 valence electrons. The SMILES string of the molecule is CCCc1c(O)n(CCN(CC)CCC)c(=O)[nH]c1=O. The summed E-state index contributed by atoms with van der Waals surface area (Å²) in [6, 6.07) is 0. The Morgan fingerprint density at radius 2 is 1.85 bits per heavy atom. The molecule has 0 aliphatic rings. The molecule has 0 aromatic carbocycles. The summed E-state index contributed by atoms with van der Waals surface area (Å²) in [7, 11) is 0. The molecule has 0 saturated heterocycles. The lowest BCUT2D eigenvalue weighted by Crippen LogP contribution is -2.36. The number of H-pyrrole nitrogens is 1. The molecule has 6 nitrogen and oxygen atoms in total. The van der Waals surface area contributed by atoms with E-state index in [1.807, 2.05) is 6.92 Å². The zero-order valence-electron chi connectivity index (χ0n) is 12.6. The van der Waals surface area contributed by atoms with E-state index in [1.54, 1.807) is 0 Å². The van der Waals surface area contributed by atoms with Crippen LogP contribution in [0.1, 0.15) is 39.2 Å². The average molecular weight is 283 g/mol. The van der Waals surface area contributed by atoms with Crippen LogP contribution in [0.3, 0.4) is 0 Å². The van der Waals surface area contributed by atoms with Crippen molar-refractivity contribution in [2.24, 2.45) is 0 Å². The Bertz CT molecular complexity index is 533. The van der Waals surface area contributed by atoms with Crippen molar-refractivity contribution in [3.63, 3.8) is 0 Å². The maximum absolute atomic E-state index is 11.8. The maximum Gasteiger partial charge on any atom is 0.331 e. The van der Waals surface area contributed by atoms with Gasteiger partial charge in [0.05, 0.1) is 5.56 Å². The first-order valence-corrected chi connectivity index (χ1v) is 7.32. The van der Waals surface area contributed by atoms with Crippen LogP contribution in [-0.4, -0.2) is 39.2 Å². The van der Waals surface area contributed by atoms with Crippen molar-refractivity contribution in [1.29, 1.82) is 0 Å². The summed E-state index contributed by atoms with van der Waals surface area (Å²) in [6.45, 7) is 9.00. The van der Waals surface area contributed by atoms with Crippen LogP contribution in [0, 0.1) is 0 Å². The lowest BCUT2D eigenvalue weighted by Gasteiger charge is -2.20. The molecule has 0 bridgehead atoms. The second-order valence-electron chi connectivity index (χ2n) is 4.90. The van der Waals surface area contributed by atoms with Gasteiger partial charge in [-0.2, -0.15) is 0 Å². The molecular formula is C14H25N3O3. The molecule has 6 heteroatoms. The predicted molar refractivity (Wildman–Crippen MR) is 79.4 cm³/mol. The van der Waals surface area contributed by atoms with Gasteiger partial charge in [0, 0.05) is 13.1 Å². The normalized spacial score (nSPS) is 11.2. The lowest BCUT2D eigenvalue weighted by molar-refractivity contribution is 0.266. The van der Waals surface area contributed by atoms with Crippen LogP contribution in [-0.2, 0) is 13.0 Å².